The van der Waals surface area contributed by atoms with Crippen LogP contribution in [0.15, 0.2) is 41.4 Å². The van der Waals surface area contributed by atoms with Crippen LogP contribution in [0.25, 0.3) is 0 Å². The fourth-order valence-electron chi connectivity index (χ4n) is 0.406. The number of hydrogen-bond donors (Lipinski definition) is 0. The first kappa shape index (κ1) is 9.69. The molecule has 0 spiro atoms. The van der Waals surface area contributed by atoms with Gasteiger partial charge >= 0.3 is 0 Å². The van der Waals surface area contributed by atoms with Gasteiger partial charge in [-0.1, -0.05) is 36.4 Å². The molecule has 0 saturated carbocycles. The third kappa shape index (κ3) is 8.69. The number of hydrogen-bond acceptors (Lipinski definition) is 2. The molecule has 0 N–H and O–H groups in total. The maximum absolute atomic E-state index is 9.11. The number of nitrogens with zero attached hydrogens (tertiary/aromatic N) is 1. The summed E-state index contributed by atoms with van der Waals surface area (Å²) in [6, 6.07) is 12.0. The Morgan fingerprint density at radius 1 is 1.09 bits per heavy atom. The van der Waals surface area contributed by atoms with Crippen LogP contribution in [0.3, 0.4) is 0 Å². The zero-order valence-corrected chi connectivity index (χ0v) is 6.62. The first-order chi connectivity index (χ1) is 5.41. The molecule has 1 aromatic rings. The van der Waals surface area contributed by atoms with E-state index in [9.17, 15) is 0 Å². The highest BCUT2D eigenvalue weighted by Gasteiger charge is 1.57. The van der Waals surface area contributed by atoms with Crippen LogP contribution in [0, 0.1) is 0 Å². The van der Waals surface area contributed by atoms with Gasteiger partial charge in [-0.15, -0.1) is 0 Å². The lowest BCUT2D eigenvalue weighted by molar-refractivity contribution is -0.106. The molecule has 0 aromatic heterocycles. The number of benzene rings is 1. The van der Waals surface area contributed by atoms with E-state index in [-0.39, 0.29) is 0 Å². The Bertz CT molecular complexity index is 202. The van der Waals surface area contributed by atoms with Crippen molar-refractivity contribution in [1.82, 2.24) is 0 Å². The summed E-state index contributed by atoms with van der Waals surface area (Å²) in [5.74, 6) is 0. The zero-order chi connectivity index (χ0) is 8.36. The van der Waals surface area contributed by atoms with E-state index in [1.807, 2.05) is 41.6 Å². The van der Waals surface area contributed by atoms with Gasteiger partial charge in [0.15, 0.2) is 0 Å². The van der Waals surface area contributed by atoms with Crippen molar-refractivity contribution in [3.8, 4) is 0 Å². The van der Waals surface area contributed by atoms with E-state index in [1.165, 1.54) is 0 Å². The topological polar surface area (TPSA) is 29.4 Å². The number of amides is 1. The Morgan fingerprint density at radius 3 is 1.55 bits per heavy atom. The number of carbonyl (C=O) groups is 1. The first-order valence-electron chi connectivity index (χ1n) is 2.92. The maximum atomic E-state index is 9.11. The van der Waals surface area contributed by atoms with E-state index < -0.39 is 0 Å². The minimum Gasteiger partial charge on any atom is -0.276 e. The molecule has 1 rings (SSSR count). The monoisotopic (exact) mass is 165 g/mol. The molecule has 56 valence electrons. The van der Waals surface area contributed by atoms with E-state index in [2.05, 4.69) is 17.2 Å². The normalized spacial score (nSPS) is 6.55. The Balaban J connectivity index is 0.000000187. The predicted octanol–water partition coefficient (Wildman–Crippen LogP) is 1.93. The smallest absolute Gasteiger partial charge is 0.241 e. The molecule has 2 nitrogen and oxygen atoms in total. The Morgan fingerprint density at radius 2 is 1.45 bits per heavy atom. The minimum absolute atomic E-state index is 0.340. The summed E-state index contributed by atoms with van der Waals surface area (Å²) in [4.78, 5) is 12.0. The summed E-state index contributed by atoms with van der Waals surface area (Å²) in [5.41, 5.74) is 0. The van der Waals surface area contributed by atoms with Crippen molar-refractivity contribution in [3.05, 3.63) is 36.4 Å². The summed E-state index contributed by atoms with van der Waals surface area (Å²) < 4.78 is 0. The van der Waals surface area contributed by atoms with Crippen molar-refractivity contribution in [2.24, 2.45) is 4.99 Å². The molecule has 1 amide bonds. The van der Waals surface area contributed by atoms with Gasteiger partial charge in [0, 0.05) is 0 Å². The largest absolute Gasteiger partial charge is 0.276 e. The molecule has 0 bridgehead atoms. The number of aliphatic imine (C=N–C) groups is 1. The van der Waals surface area contributed by atoms with Gasteiger partial charge in [-0.05, 0) is 12.2 Å². The van der Waals surface area contributed by atoms with Gasteiger partial charge in [0.1, 0.15) is 0 Å². The highest BCUT2D eigenvalue weighted by atomic mass is 32.1. The standard InChI is InChI=1S/C6H6.C2HNOS/c1-2-4-6-5-3-1;4-1-3-2-5/h1-6H;1H. The molecular formula is C8H7NOS. The molecule has 0 atom stereocenters. The molecule has 0 aliphatic rings. The first-order valence-corrected chi connectivity index (χ1v) is 3.33. The van der Waals surface area contributed by atoms with E-state index >= 15 is 0 Å². The van der Waals surface area contributed by atoms with Gasteiger partial charge in [0.25, 0.3) is 0 Å². The second kappa shape index (κ2) is 8.69. The van der Waals surface area contributed by atoms with Gasteiger partial charge in [-0.25, -0.2) is 0 Å². The lowest BCUT2D eigenvalue weighted by atomic mass is 10.4. The number of isothiocyanates is 1. The van der Waals surface area contributed by atoms with Gasteiger partial charge in [0.05, 0.1) is 5.16 Å². The molecule has 0 aliphatic heterocycles. The number of carbonyl (C=O) groups excluding carboxylic acids is 1. The summed E-state index contributed by atoms with van der Waals surface area (Å²) in [5, 5.41) is 1.86. The molecule has 1 aromatic carbocycles. The van der Waals surface area contributed by atoms with Crippen molar-refractivity contribution in [3.63, 3.8) is 0 Å². The minimum atomic E-state index is 0.340. The number of rotatable bonds is 1. The lowest BCUT2D eigenvalue weighted by Gasteiger charge is -1.69. The summed E-state index contributed by atoms with van der Waals surface area (Å²) in [6.45, 7) is 0. The van der Waals surface area contributed by atoms with Gasteiger partial charge in [0.2, 0.25) is 6.41 Å². The Kier molecular flexibility index (Phi) is 7.66. The molecule has 0 radical (unpaired) electrons. The molecule has 0 aliphatic carbocycles. The van der Waals surface area contributed by atoms with Gasteiger partial charge < -0.3 is 0 Å². The van der Waals surface area contributed by atoms with Crippen LogP contribution in [-0.4, -0.2) is 11.6 Å². The van der Waals surface area contributed by atoms with Crippen LogP contribution in [0.5, 0.6) is 0 Å². The van der Waals surface area contributed by atoms with Crippen molar-refractivity contribution in [2.45, 2.75) is 0 Å². The zero-order valence-electron chi connectivity index (χ0n) is 5.81. The van der Waals surface area contributed by atoms with Crippen molar-refractivity contribution in [2.75, 3.05) is 0 Å². The van der Waals surface area contributed by atoms with Crippen molar-refractivity contribution >= 4 is 23.8 Å². The van der Waals surface area contributed by atoms with Crippen LogP contribution in [0.2, 0.25) is 0 Å². The third-order valence-corrected chi connectivity index (χ3v) is 0.877. The highest BCUT2D eigenvalue weighted by molar-refractivity contribution is 7.78. The van der Waals surface area contributed by atoms with E-state index in [4.69, 9.17) is 4.79 Å². The molecular weight excluding hydrogens is 158 g/mol. The highest BCUT2D eigenvalue weighted by Crippen LogP contribution is 1.79. The summed E-state index contributed by atoms with van der Waals surface area (Å²) >= 11 is 4.00. The van der Waals surface area contributed by atoms with Crippen LogP contribution in [0.4, 0.5) is 0 Å². The molecule has 0 unspecified atom stereocenters. The average Bonchev–Trinajstić information content (AvgIpc) is 2.10. The fourth-order valence-corrected chi connectivity index (χ4v) is 0.449. The molecule has 3 heteroatoms. The Labute approximate surface area is 70.6 Å². The maximum Gasteiger partial charge on any atom is 0.241 e. The fraction of sp³-hybridized carbons (Fsp3) is 0. The summed E-state index contributed by atoms with van der Waals surface area (Å²) in [7, 11) is 0. The quantitative estimate of drug-likeness (QED) is 0.361. The second-order valence-electron chi connectivity index (χ2n) is 1.48. The van der Waals surface area contributed by atoms with Crippen LogP contribution in [0.1, 0.15) is 0 Å². The van der Waals surface area contributed by atoms with E-state index in [0.717, 1.165) is 0 Å². The molecule has 11 heavy (non-hydrogen) atoms. The lowest BCUT2D eigenvalue weighted by Crippen LogP contribution is -1.50. The van der Waals surface area contributed by atoms with E-state index in [0.29, 0.717) is 6.41 Å². The Hall–Kier alpha value is -1.31. The van der Waals surface area contributed by atoms with Gasteiger partial charge in [-0.2, -0.15) is 4.99 Å². The van der Waals surface area contributed by atoms with Crippen molar-refractivity contribution in [1.29, 1.82) is 0 Å². The third-order valence-electron chi connectivity index (χ3n) is 0.772. The van der Waals surface area contributed by atoms with Crippen LogP contribution in [-0.2, 0) is 4.79 Å². The van der Waals surface area contributed by atoms with Gasteiger partial charge in [-0.3, -0.25) is 4.79 Å². The van der Waals surface area contributed by atoms with Crippen LogP contribution < -0.4 is 0 Å². The SMILES string of the molecule is O=CN=C=S.c1ccccc1. The van der Waals surface area contributed by atoms with Crippen molar-refractivity contribution < 1.29 is 4.79 Å². The average molecular weight is 165 g/mol. The predicted molar refractivity (Wildman–Crippen MR) is 47.5 cm³/mol. The molecule has 0 fully saturated rings. The van der Waals surface area contributed by atoms with Crippen LogP contribution >= 0.6 is 12.2 Å². The summed E-state index contributed by atoms with van der Waals surface area (Å²) in [6.07, 6.45) is 0.340. The molecule has 0 saturated heterocycles. The molecule has 0 heterocycles. The second-order valence-corrected chi connectivity index (χ2v) is 1.66. The number of thiocarbonyl (C=S) groups is 1. The van der Waals surface area contributed by atoms with E-state index in [1.54, 1.807) is 0 Å².